The molecule has 1 aromatic heterocycles. The van der Waals surface area contributed by atoms with Gasteiger partial charge in [0.2, 0.25) is 0 Å². The average Bonchev–Trinajstić information content (AvgIpc) is 2.81. The Morgan fingerprint density at radius 3 is 2.75 bits per heavy atom. The zero-order valence-corrected chi connectivity index (χ0v) is 11.5. The summed E-state index contributed by atoms with van der Waals surface area (Å²) in [5.74, 6) is -0.528. The van der Waals surface area contributed by atoms with Gasteiger partial charge in [0.05, 0.1) is 17.7 Å². The first-order valence-corrected chi connectivity index (χ1v) is 6.26. The molecule has 1 amide bonds. The summed E-state index contributed by atoms with van der Waals surface area (Å²) in [6, 6.07) is 1.19. The number of nitro groups is 1. The number of aryl methyl sites for hydroxylation is 1. The predicted octanol–water partition coefficient (Wildman–Crippen LogP) is 0.279. The van der Waals surface area contributed by atoms with Crippen LogP contribution in [0.2, 0.25) is 0 Å². The molecule has 1 atom stereocenters. The minimum absolute atomic E-state index is 0.145. The number of hydrogen-bond donors (Lipinski definition) is 3. The summed E-state index contributed by atoms with van der Waals surface area (Å²) in [5, 5.41) is 31.7. The Balaban J connectivity index is 2.88. The molecule has 8 heteroatoms. The minimum Gasteiger partial charge on any atom is -0.393 e. The number of rotatable bonds is 7. The van der Waals surface area contributed by atoms with Gasteiger partial charge in [0.15, 0.2) is 0 Å². The maximum Gasteiger partial charge on any atom is 0.287 e. The summed E-state index contributed by atoms with van der Waals surface area (Å²) >= 11 is 0. The Bertz CT molecular complexity index is 495. The number of nitrogens with zero attached hydrogens (tertiary/aromatic N) is 2. The van der Waals surface area contributed by atoms with Crippen molar-refractivity contribution in [2.45, 2.75) is 32.4 Å². The first kappa shape index (κ1) is 16.1. The predicted molar refractivity (Wildman–Crippen MR) is 71.4 cm³/mol. The third kappa shape index (κ3) is 4.04. The van der Waals surface area contributed by atoms with Crippen LogP contribution in [-0.2, 0) is 6.54 Å². The van der Waals surface area contributed by atoms with E-state index in [0.717, 1.165) is 6.42 Å². The zero-order valence-electron chi connectivity index (χ0n) is 11.5. The summed E-state index contributed by atoms with van der Waals surface area (Å²) < 4.78 is 1.50. The number of carbonyl (C=O) groups excluding carboxylic acids is 1. The van der Waals surface area contributed by atoms with Crippen LogP contribution in [0.25, 0.3) is 0 Å². The van der Waals surface area contributed by atoms with Crippen molar-refractivity contribution < 1.29 is 19.9 Å². The molecule has 1 rings (SSSR count). The first-order chi connectivity index (χ1) is 9.30. The lowest BCUT2D eigenvalue weighted by atomic mass is 10.1. The molecule has 0 aliphatic heterocycles. The average molecular weight is 285 g/mol. The Labute approximate surface area is 116 Å². The zero-order chi connectivity index (χ0) is 15.3. The van der Waals surface area contributed by atoms with E-state index in [1.807, 2.05) is 6.92 Å². The van der Waals surface area contributed by atoms with E-state index >= 15 is 0 Å². The van der Waals surface area contributed by atoms with Crippen LogP contribution in [0.1, 0.15) is 30.8 Å². The van der Waals surface area contributed by atoms with Crippen molar-refractivity contribution in [1.29, 1.82) is 0 Å². The Kier molecular flexibility index (Phi) is 5.23. The largest absolute Gasteiger partial charge is 0.393 e. The lowest BCUT2D eigenvalue weighted by Gasteiger charge is -2.20. The SMILES string of the molecule is CCCn1cc([N+](=O)[O-])cc1C(=O)NCC(C)(O)CO. The van der Waals surface area contributed by atoms with Gasteiger partial charge >= 0.3 is 0 Å². The molecule has 3 N–H and O–H groups in total. The Morgan fingerprint density at radius 2 is 2.25 bits per heavy atom. The molecule has 0 bridgehead atoms. The quantitative estimate of drug-likeness (QED) is 0.491. The number of aliphatic hydroxyl groups excluding tert-OH is 1. The summed E-state index contributed by atoms with van der Waals surface area (Å²) in [4.78, 5) is 22.2. The van der Waals surface area contributed by atoms with E-state index in [1.54, 1.807) is 0 Å². The van der Waals surface area contributed by atoms with Gasteiger partial charge in [-0.25, -0.2) is 0 Å². The van der Waals surface area contributed by atoms with Gasteiger partial charge in [-0.3, -0.25) is 14.9 Å². The fraction of sp³-hybridized carbons (Fsp3) is 0.583. The first-order valence-electron chi connectivity index (χ1n) is 6.26. The Morgan fingerprint density at radius 1 is 1.60 bits per heavy atom. The van der Waals surface area contributed by atoms with Gasteiger partial charge in [0.25, 0.3) is 11.6 Å². The van der Waals surface area contributed by atoms with Gasteiger partial charge in [-0.1, -0.05) is 6.92 Å². The second-order valence-corrected chi connectivity index (χ2v) is 4.87. The molecule has 0 aliphatic carbocycles. The van der Waals surface area contributed by atoms with Crippen LogP contribution in [0.3, 0.4) is 0 Å². The maximum atomic E-state index is 12.0. The van der Waals surface area contributed by atoms with Crippen LogP contribution in [-0.4, -0.2) is 44.4 Å². The number of hydrogen-bond acceptors (Lipinski definition) is 5. The van der Waals surface area contributed by atoms with Gasteiger partial charge in [-0.2, -0.15) is 0 Å². The number of carbonyl (C=O) groups is 1. The highest BCUT2D eigenvalue weighted by atomic mass is 16.6. The molecule has 0 radical (unpaired) electrons. The molecule has 1 aromatic rings. The molecule has 20 heavy (non-hydrogen) atoms. The van der Waals surface area contributed by atoms with Crippen LogP contribution in [0.5, 0.6) is 0 Å². The lowest BCUT2D eigenvalue weighted by Crippen LogP contribution is -2.43. The summed E-state index contributed by atoms with van der Waals surface area (Å²) in [6.07, 6.45) is 2.03. The third-order valence-corrected chi connectivity index (χ3v) is 2.76. The fourth-order valence-electron chi connectivity index (χ4n) is 1.63. The molecule has 0 aliphatic rings. The van der Waals surface area contributed by atoms with Crippen molar-refractivity contribution in [3.8, 4) is 0 Å². The second kappa shape index (κ2) is 6.49. The van der Waals surface area contributed by atoms with Crippen molar-refractivity contribution in [3.63, 3.8) is 0 Å². The molecule has 8 nitrogen and oxygen atoms in total. The topological polar surface area (TPSA) is 118 Å². The van der Waals surface area contributed by atoms with Gasteiger partial charge in [-0.15, -0.1) is 0 Å². The molecule has 112 valence electrons. The van der Waals surface area contributed by atoms with Crippen LogP contribution >= 0.6 is 0 Å². The molecule has 0 aromatic carbocycles. The summed E-state index contributed by atoms with van der Waals surface area (Å²) in [7, 11) is 0. The third-order valence-electron chi connectivity index (χ3n) is 2.76. The van der Waals surface area contributed by atoms with E-state index in [-0.39, 0.29) is 17.9 Å². The van der Waals surface area contributed by atoms with Gasteiger partial charge in [0, 0.05) is 19.2 Å². The van der Waals surface area contributed by atoms with Crippen molar-refractivity contribution >= 4 is 11.6 Å². The van der Waals surface area contributed by atoms with Gasteiger partial charge < -0.3 is 20.1 Å². The molecule has 1 heterocycles. The maximum absolute atomic E-state index is 12.0. The highest BCUT2D eigenvalue weighted by molar-refractivity contribution is 5.93. The number of aliphatic hydroxyl groups is 2. The smallest absolute Gasteiger partial charge is 0.287 e. The highest BCUT2D eigenvalue weighted by Gasteiger charge is 2.23. The lowest BCUT2D eigenvalue weighted by molar-refractivity contribution is -0.384. The van der Waals surface area contributed by atoms with Crippen LogP contribution < -0.4 is 5.32 Å². The van der Waals surface area contributed by atoms with E-state index in [9.17, 15) is 20.0 Å². The molecular weight excluding hydrogens is 266 g/mol. The summed E-state index contributed by atoms with van der Waals surface area (Å²) in [6.45, 7) is 3.11. The van der Waals surface area contributed by atoms with Crippen molar-refractivity contribution in [2.75, 3.05) is 13.2 Å². The van der Waals surface area contributed by atoms with Crippen molar-refractivity contribution in [2.24, 2.45) is 0 Å². The van der Waals surface area contributed by atoms with Crippen LogP contribution in [0.4, 0.5) is 5.69 Å². The molecule has 1 unspecified atom stereocenters. The van der Waals surface area contributed by atoms with Gasteiger partial charge in [0.1, 0.15) is 11.3 Å². The second-order valence-electron chi connectivity index (χ2n) is 4.87. The van der Waals surface area contributed by atoms with E-state index in [4.69, 9.17) is 5.11 Å². The summed E-state index contributed by atoms with van der Waals surface area (Å²) in [5.41, 5.74) is -1.42. The van der Waals surface area contributed by atoms with Gasteiger partial charge in [-0.05, 0) is 13.3 Å². The van der Waals surface area contributed by atoms with Crippen molar-refractivity contribution in [1.82, 2.24) is 9.88 Å². The standard InChI is InChI=1S/C12H19N3O5/c1-3-4-14-6-9(15(19)20)5-10(14)11(17)13-7-12(2,18)8-16/h5-6,16,18H,3-4,7-8H2,1-2H3,(H,13,17). The van der Waals surface area contributed by atoms with E-state index in [0.29, 0.717) is 6.54 Å². The number of aromatic nitrogens is 1. The normalized spacial score (nSPS) is 13.8. The van der Waals surface area contributed by atoms with E-state index < -0.39 is 23.0 Å². The minimum atomic E-state index is -1.43. The van der Waals surface area contributed by atoms with Crippen LogP contribution in [0.15, 0.2) is 12.3 Å². The molecular formula is C12H19N3O5. The van der Waals surface area contributed by atoms with Crippen LogP contribution in [0, 0.1) is 10.1 Å². The van der Waals surface area contributed by atoms with Crippen molar-refractivity contribution in [3.05, 3.63) is 28.1 Å². The van der Waals surface area contributed by atoms with E-state index in [1.165, 1.54) is 23.8 Å². The molecule has 0 saturated heterocycles. The molecule has 0 saturated carbocycles. The molecule has 0 spiro atoms. The Hall–Kier alpha value is -1.93. The highest BCUT2D eigenvalue weighted by Crippen LogP contribution is 2.17. The van der Waals surface area contributed by atoms with E-state index in [2.05, 4.69) is 5.32 Å². The monoisotopic (exact) mass is 285 g/mol. The number of amides is 1. The fourth-order valence-corrected chi connectivity index (χ4v) is 1.63. The number of nitrogens with one attached hydrogen (secondary N) is 1. The molecule has 0 fully saturated rings.